The first-order valence-electron chi connectivity index (χ1n) is 4.86. The molecule has 0 aliphatic heterocycles. The van der Waals surface area contributed by atoms with Crippen LogP contribution in [0.5, 0.6) is 0 Å². The smallest absolute Gasteiger partial charge is 0.267 e. The Morgan fingerprint density at radius 1 is 1.22 bits per heavy atom. The Labute approximate surface area is 123 Å². The molecule has 2 rings (SSSR count). The summed E-state index contributed by atoms with van der Waals surface area (Å²) < 4.78 is 0.335. The zero-order valence-corrected chi connectivity index (χ0v) is 12.2. The molecule has 1 aromatic heterocycles. The normalized spacial score (nSPS) is 10.4. The van der Waals surface area contributed by atoms with Crippen LogP contribution < -0.4 is 5.32 Å². The highest BCUT2D eigenvalue weighted by molar-refractivity contribution is 7.17. The van der Waals surface area contributed by atoms with Crippen LogP contribution in [0.4, 0.5) is 5.69 Å². The second kappa shape index (κ2) is 5.45. The van der Waals surface area contributed by atoms with Gasteiger partial charge in [-0.15, -0.1) is 0 Å². The fourth-order valence-corrected chi connectivity index (χ4v) is 2.96. The third-order valence-electron chi connectivity index (χ3n) is 2.10. The Hall–Kier alpha value is -0.810. The molecule has 0 radical (unpaired) electrons. The van der Waals surface area contributed by atoms with E-state index < -0.39 is 0 Å². The van der Waals surface area contributed by atoms with Crippen molar-refractivity contribution in [1.29, 1.82) is 0 Å². The zero-order chi connectivity index (χ0) is 13.3. The van der Waals surface area contributed by atoms with Gasteiger partial charge in [0, 0.05) is 15.7 Å². The second-order valence-electron chi connectivity index (χ2n) is 3.49. The number of amides is 1. The number of nitrogens with zero attached hydrogens (tertiary/aromatic N) is 1. The maximum absolute atomic E-state index is 12.0. The molecule has 0 fully saturated rings. The number of thiazole rings is 1. The molecule has 0 bridgehead atoms. The number of halogens is 3. The van der Waals surface area contributed by atoms with Crippen molar-refractivity contribution in [2.45, 2.75) is 6.92 Å². The SMILES string of the molecule is Cc1nc(Cl)sc1C(=O)Nc1cc(Cl)cc(Cl)c1. The Morgan fingerprint density at radius 2 is 1.83 bits per heavy atom. The van der Waals surface area contributed by atoms with E-state index in [1.165, 1.54) is 0 Å². The van der Waals surface area contributed by atoms with E-state index in [1.54, 1.807) is 25.1 Å². The summed E-state index contributed by atoms with van der Waals surface area (Å²) in [6, 6.07) is 4.82. The van der Waals surface area contributed by atoms with Crippen molar-refractivity contribution in [2.75, 3.05) is 5.32 Å². The van der Waals surface area contributed by atoms with Crippen molar-refractivity contribution in [1.82, 2.24) is 4.98 Å². The predicted octanol–water partition coefficient (Wildman–Crippen LogP) is 4.66. The van der Waals surface area contributed by atoms with Gasteiger partial charge in [0.1, 0.15) is 4.88 Å². The van der Waals surface area contributed by atoms with Gasteiger partial charge >= 0.3 is 0 Å². The highest BCUT2D eigenvalue weighted by atomic mass is 35.5. The van der Waals surface area contributed by atoms with Crippen LogP contribution in [0, 0.1) is 6.92 Å². The van der Waals surface area contributed by atoms with E-state index >= 15 is 0 Å². The Kier molecular flexibility index (Phi) is 4.12. The lowest BCUT2D eigenvalue weighted by molar-refractivity contribution is 0.103. The number of carbonyl (C=O) groups is 1. The molecule has 0 unspecified atom stereocenters. The second-order valence-corrected chi connectivity index (χ2v) is 5.95. The topological polar surface area (TPSA) is 42.0 Å². The van der Waals surface area contributed by atoms with Gasteiger partial charge in [-0.25, -0.2) is 4.98 Å². The molecule has 0 spiro atoms. The van der Waals surface area contributed by atoms with E-state index in [0.717, 1.165) is 11.3 Å². The molecular formula is C11H7Cl3N2OS. The van der Waals surface area contributed by atoms with Crippen molar-refractivity contribution >= 4 is 57.7 Å². The number of benzene rings is 1. The van der Waals surface area contributed by atoms with E-state index in [1.807, 2.05) is 0 Å². The first kappa shape index (κ1) is 13.6. The Bertz CT molecular complexity index is 592. The summed E-state index contributed by atoms with van der Waals surface area (Å²) in [5.41, 5.74) is 1.12. The van der Waals surface area contributed by atoms with Gasteiger partial charge in [-0.1, -0.05) is 46.1 Å². The summed E-state index contributed by atoms with van der Waals surface area (Å²) in [4.78, 5) is 16.4. The molecule has 1 N–H and O–H groups in total. The molecule has 3 nitrogen and oxygen atoms in total. The number of rotatable bonds is 2. The maximum Gasteiger partial charge on any atom is 0.267 e. The number of anilines is 1. The monoisotopic (exact) mass is 320 g/mol. The van der Waals surface area contributed by atoms with Gasteiger partial charge in [0.15, 0.2) is 4.47 Å². The van der Waals surface area contributed by atoms with E-state index in [9.17, 15) is 4.79 Å². The molecule has 2 aromatic rings. The first-order chi connectivity index (χ1) is 8.45. The average Bonchev–Trinajstić information content (AvgIpc) is 2.56. The summed E-state index contributed by atoms with van der Waals surface area (Å²) in [5, 5.41) is 3.61. The lowest BCUT2D eigenvalue weighted by Gasteiger charge is -2.05. The minimum absolute atomic E-state index is 0.282. The van der Waals surface area contributed by atoms with Crippen LogP contribution in [0.25, 0.3) is 0 Å². The first-order valence-corrected chi connectivity index (χ1v) is 6.81. The molecule has 1 amide bonds. The number of hydrogen-bond acceptors (Lipinski definition) is 3. The molecule has 94 valence electrons. The quantitative estimate of drug-likeness (QED) is 0.873. The molecular weight excluding hydrogens is 315 g/mol. The summed E-state index contributed by atoms with van der Waals surface area (Å²) >= 11 is 18.6. The highest BCUT2D eigenvalue weighted by Gasteiger charge is 2.15. The van der Waals surface area contributed by atoms with Crippen molar-refractivity contribution in [3.63, 3.8) is 0 Å². The maximum atomic E-state index is 12.0. The molecule has 1 heterocycles. The van der Waals surface area contributed by atoms with Crippen LogP contribution in [-0.2, 0) is 0 Å². The minimum atomic E-state index is -0.282. The fourth-order valence-electron chi connectivity index (χ4n) is 1.39. The Balaban J connectivity index is 2.23. The molecule has 0 atom stereocenters. The summed E-state index contributed by atoms with van der Waals surface area (Å²) in [5.74, 6) is -0.282. The third-order valence-corrected chi connectivity index (χ3v) is 3.79. The molecule has 0 saturated heterocycles. The van der Waals surface area contributed by atoms with Crippen LogP contribution in [0.3, 0.4) is 0 Å². The number of nitrogens with one attached hydrogen (secondary N) is 1. The number of hydrogen-bond donors (Lipinski definition) is 1. The van der Waals surface area contributed by atoms with Crippen LogP contribution in [0.15, 0.2) is 18.2 Å². The van der Waals surface area contributed by atoms with E-state index in [0.29, 0.717) is 30.8 Å². The van der Waals surface area contributed by atoms with Gasteiger partial charge < -0.3 is 5.32 Å². The van der Waals surface area contributed by atoms with E-state index in [4.69, 9.17) is 34.8 Å². The summed E-state index contributed by atoms with van der Waals surface area (Å²) in [6.07, 6.45) is 0. The number of aromatic nitrogens is 1. The van der Waals surface area contributed by atoms with Crippen molar-refractivity contribution in [3.8, 4) is 0 Å². The lowest BCUT2D eigenvalue weighted by atomic mass is 10.3. The van der Waals surface area contributed by atoms with Crippen LogP contribution >= 0.6 is 46.1 Å². The van der Waals surface area contributed by atoms with Gasteiger partial charge in [-0.2, -0.15) is 0 Å². The standard InChI is InChI=1S/C11H7Cl3N2OS/c1-5-9(18-11(14)15-5)10(17)16-8-3-6(12)2-7(13)4-8/h2-4H,1H3,(H,16,17). The minimum Gasteiger partial charge on any atom is -0.321 e. The van der Waals surface area contributed by atoms with Crippen LogP contribution in [0.1, 0.15) is 15.4 Å². The number of aryl methyl sites for hydroxylation is 1. The van der Waals surface area contributed by atoms with Gasteiger partial charge in [0.05, 0.1) is 5.69 Å². The third kappa shape index (κ3) is 3.14. The van der Waals surface area contributed by atoms with Gasteiger partial charge in [0.2, 0.25) is 0 Å². The zero-order valence-electron chi connectivity index (χ0n) is 9.13. The largest absolute Gasteiger partial charge is 0.321 e. The van der Waals surface area contributed by atoms with Crippen LogP contribution in [0.2, 0.25) is 14.5 Å². The lowest BCUT2D eigenvalue weighted by Crippen LogP contribution is -2.11. The molecule has 1 aromatic carbocycles. The van der Waals surface area contributed by atoms with E-state index in [2.05, 4.69) is 10.3 Å². The average molecular weight is 322 g/mol. The predicted molar refractivity (Wildman–Crippen MR) is 76.3 cm³/mol. The Morgan fingerprint density at radius 3 is 2.33 bits per heavy atom. The van der Waals surface area contributed by atoms with Crippen molar-refractivity contribution < 1.29 is 4.79 Å². The van der Waals surface area contributed by atoms with E-state index in [-0.39, 0.29) is 5.91 Å². The van der Waals surface area contributed by atoms with Gasteiger partial charge in [-0.05, 0) is 25.1 Å². The molecule has 0 aliphatic carbocycles. The van der Waals surface area contributed by atoms with Crippen molar-refractivity contribution in [2.24, 2.45) is 0 Å². The molecule has 7 heteroatoms. The molecule has 0 saturated carbocycles. The van der Waals surface area contributed by atoms with Gasteiger partial charge in [0.25, 0.3) is 5.91 Å². The van der Waals surface area contributed by atoms with Crippen molar-refractivity contribution in [3.05, 3.63) is 43.3 Å². The summed E-state index contributed by atoms with van der Waals surface area (Å²) in [6.45, 7) is 1.72. The number of carbonyl (C=O) groups excluding carboxylic acids is 1. The highest BCUT2D eigenvalue weighted by Crippen LogP contribution is 2.26. The molecule has 18 heavy (non-hydrogen) atoms. The molecule has 0 aliphatic rings. The fraction of sp³-hybridized carbons (Fsp3) is 0.0909. The summed E-state index contributed by atoms with van der Waals surface area (Å²) in [7, 11) is 0. The van der Waals surface area contributed by atoms with Gasteiger partial charge in [-0.3, -0.25) is 4.79 Å². The van der Waals surface area contributed by atoms with Crippen LogP contribution in [-0.4, -0.2) is 10.9 Å².